The normalized spacial score (nSPS) is 22.3. The summed E-state index contributed by atoms with van der Waals surface area (Å²) in [5.41, 5.74) is 4.82. The van der Waals surface area contributed by atoms with Gasteiger partial charge in [0.1, 0.15) is 5.75 Å². The van der Waals surface area contributed by atoms with Crippen LogP contribution in [0.25, 0.3) is 16.7 Å². The fraction of sp³-hybridized carbons (Fsp3) is 0.630. The zero-order valence-corrected chi connectivity index (χ0v) is 40.1. The van der Waals surface area contributed by atoms with E-state index in [0.717, 1.165) is 79.1 Å². The molecule has 1 amide bonds. The summed E-state index contributed by atoms with van der Waals surface area (Å²) >= 11 is 0. The van der Waals surface area contributed by atoms with E-state index in [0.29, 0.717) is 34.1 Å². The number of benzene rings is 2. The van der Waals surface area contributed by atoms with Crippen molar-refractivity contribution < 1.29 is 9.53 Å². The molecule has 4 aliphatic rings. The molecule has 8 rings (SSSR count). The van der Waals surface area contributed by atoms with E-state index in [-0.39, 0.29) is 17.4 Å². The minimum Gasteiger partial charge on any atom is -0.494 e. The van der Waals surface area contributed by atoms with E-state index in [1.165, 1.54) is 122 Å². The number of nitrogens with zero attached hydrogens (tertiary/aromatic N) is 5. The van der Waals surface area contributed by atoms with Crippen molar-refractivity contribution in [1.29, 1.82) is 0 Å². The fourth-order valence-electron chi connectivity index (χ4n) is 11.6. The smallest absolute Gasteiger partial charge is 0.257 e. The Morgan fingerprint density at radius 3 is 2.25 bits per heavy atom. The number of piperazine rings is 1. The average molecular weight is 887 g/mol. The molecule has 3 heterocycles. The highest BCUT2D eigenvalue weighted by atomic mass is 16.5. The summed E-state index contributed by atoms with van der Waals surface area (Å²) in [4.78, 5) is 40.5. The largest absolute Gasteiger partial charge is 0.494 e. The van der Waals surface area contributed by atoms with Gasteiger partial charge >= 0.3 is 0 Å². The first-order chi connectivity index (χ1) is 31.6. The van der Waals surface area contributed by atoms with Crippen LogP contribution >= 0.6 is 0 Å². The summed E-state index contributed by atoms with van der Waals surface area (Å²) in [7, 11) is 1.68. The van der Waals surface area contributed by atoms with Gasteiger partial charge in [0, 0.05) is 67.2 Å². The Hall–Kier alpha value is -4.48. The number of carbonyl (C=O) groups is 1. The van der Waals surface area contributed by atoms with E-state index in [4.69, 9.17) is 9.72 Å². The number of hydrogen-bond acceptors (Lipinski definition) is 9. The lowest BCUT2D eigenvalue weighted by molar-refractivity contribution is -0.117. The number of unbranched alkanes of at least 4 members (excludes halogenated alkanes) is 9. The van der Waals surface area contributed by atoms with Crippen molar-refractivity contribution in [1.82, 2.24) is 24.8 Å². The molecule has 352 valence electrons. The van der Waals surface area contributed by atoms with E-state index >= 15 is 0 Å². The van der Waals surface area contributed by atoms with Crippen LogP contribution < -0.4 is 31.1 Å². The summed E-state index contributed by atoms with van der Waals surface area (Å²) in [6, 6.07) is 15.2. The third-order valence-corrected chi connectivity index (χ3v) is 15.1. The molecule has 2 atom stereocenters. The predicted octanol–water partition coefficient (Wildman–Crippen LogP) is 11.0. The molecule has 4 aromatic rings. The number of hydrogen-bond donors (Lipinski definition) is 3. The molecular formula is C54H78N8O3. The molecule has 0 spiro atoms. The van der Waals surface area contributed by atoms with Gasteiger partial charge in [0.15, 0.2) is 5.65 Å². The Bertz CT molecular complexity index is 2230. The van der Waals surface area contributed by atoms with Crippen molar-refractivity contribution in [2.75, 3.05) is 68.5 Å². The molecule has 1 aliphatic heterocycles. The van der Waals surface area contributed by atoms with Crippen LogP contribution in [-0.2, 0) is 4.79 Å². The van der Waals surface area contributed by atoms with Gasteiger partial charge in [0.2, 0.25) is 11.9 Å². The van der Waals surface area contributed by atoms with Crippen molar-refractivity contribution in [2.24, 2.45) is 29.1 Å². The summed E-state index contributed by atoms with van der Waals surface area (Å²) in [5, 5.41) is 10.9. The number of amides is 1. The first-order valence-corrected chi connectivity index (χ1v) is 25.6. The van der Waals surface area contributed by atoms with Crippen LogP contribution in [0.4, 0.5) is 23.0 Å². The second-order valence-electron chi connectivity index (χ2n) is 20.9. The first-order valence-electron chi connectivity index (χ1n) is 25.6. The lowest BCUT2D eigenvalue weighted by atomic mass is 9.58. The van der Waals surface area contributed by atoms with E-state index in [2.05, 4.69) is 56.7 Å². The highest BCUT2D eigenvalue weighted by molar-refractivity contribution is 5.94. The molecule has 0 radical (unpaired) electrons. The zero-order valence-electron chi connectivity index (χ0n) is 40.1. The first kappa shape index (κ1) is 47.0. The number of aromatic nitrogens is 3. The highest BCUT2D eigenvalue weighted by Crippen LogP contribution is 2.51. The number of anilines is 4. The molecule has 1 saturated heterocycles. The van der Waals surface area contributed by atoms with Crippen molar-refractivity contribution in [3.8, 4) is 11.4 Å². The number of ether oxygens (including phenoxy) is 1. The molecule has 2 aromatic heterocycles. The highest BCUT2D eigenvalue weighted by Gasteiger charge is 2.40. The SMILES string of the molecule is COc1cc(N2CCN(CCCCCCCCCCCCNCCC3(C)CC4CC(C)CC(C4)C3)CC2)ccc1Nc1ncc2c(C)cc(=O)n(-c3cccc(NC(=O)C4CC4)c3)c2n1. The number of aryl methyl sites for hydroxylation is 1. The summed E-state index contributed by atoms with van der Waals surface area (Å²) in [6.45, 7) is 14.7. The standard InChI is InChI=1S/C54H78N8O3/c1-39-30-41-33-42(31-39)37-54(3,36-41)22-24-55-23-13-11-9-7-5-6-8-10-12-14-25-60-26-28-61(29-27-60)45-20-21-48(49(35-45)65-4)58-53-56-38-47-40(2)32-50(63)62(51(47)59-53)46-17-15-16-44(34-46)57-52(64)43-18-19-43/h15-17,20-21,32,34-35,38-39,41-43,55H,5-14,18-19,22-31,33,36-37H2,1-4H3,(H,57,64)(H,56,58,59). The summed E-state index contributed by atoms with van der Waals surface area (Å²) < 4.78 is 7.45. The molecule has 4 fully saturated rings. The minimum absolute atomic E-state index is 0.0187. The Kier molecular flexibility index (Phi) is 16.2. The number of fused-ring (bicyclic) bond motifs is 3. The quantitative estimate of drug-likeness (QED) is 0.0626. The molecular weight excluding hydrogens is 809 g/mol. The molecule has 65 heavy (non-hydrogen) atoms. The predicted molar refractivity (Wildman–Crippen MR) is 267 cm³/mol. The van der Waals surface area contributed by atoms with E-state index in [9.17, 15) is 9.59 Å². The van der Waals surface area contributed by atoms with Crippen LogP contribution in [0.2, 0.25) is 0 Å². The van der Waals surface area contributed by atoms with Crippen LogP contribution in [0, 0.1) is 36.0 Å². The topological polar surface area (TPSA) is 117 Å². The van der Waals surface area contributed by atoms with Gasteiger partial charge in [-0.2, -0.15) is 4.98 Å². The monoisotopic (exact) mass is 887 g/mol. The van der Waals surface area contributed by atoms with Crippen LogP contribution in [0.3, 0.4) is 0 Å². The molecule has 11 heteroatoms. The van der Waals surface area contributed by atoms with Crippen molar-refractivity contribution in [3.63, 3.8) is 0 Å². The van der Waals surface area contributed by atoms with Crippen molar-refractivity contribution >= 4 is 40.0 Å². The van der Waals surface area contributed by atoms with E-state index in [1.54, 1.807) is 23.9 Å². The van der Waals surface area contributed by atoms with Gasteiger partial charge in [-0.1, -0.05) is 71.3 Å². The van der Waals surface area contributed by atoms with Crippen LogP contribution in [0.5, 0.6) is 5.75 Å². The number of carbonyl (C=O) groups excluding carboxylic acids is 1. The second kappa shape index (κ2) is 22.3. The third kappa shape index (κ3) is 12.9. The fourth-order valence-corrected chi connectivity index (χ4v) is 11.6. The lowest BCUT2D eigenvalue weighted by Gasteiger charge is -2.47. The molecule has 3 aliphatic carbocycles. The van der Waals surface area contributed by atoms with Gasteiger partial charge in [-0.3, -0.25) is 19.1 Å². The lowest BCUT2D eigenvalue weighted by Crippen LogP contribution is -2.46. The molecule has 2 aromatic carbocycles. The Morgan fingerprint density at radius 2 is 1.54 bits per heavy atom. The van der Waals surface area contributed by atoms with E-state index in [1.807, 2.05) is 37.3 Å². The van der Waals surface area contributed by atoms with E-state index < -0.39 is 0 Å². The van der Waals surface area contributed by atoms with Gasteiger partial charge in [-0.25, -0.2) is 4.98 Å². The Labute approximate surface area is 388 Å². The molecule has 2 unspecified atom stereocenters. The maximum Gasteiger partial charge on any atom is 0.257 e. The maximum atomic E-state index is 13.5. The summed E-state index contributed by atoms with van der Waals surface area (Å²) in [6.07, 6.45) is 26.1. The number of nitrogens with one attached hydrogen (secondary N) is 3. The minimum atomic E-state index is -0.206. The van der Waals surface area contributed by atoms with Crippen molar-refractivity contribution in [3.05, 3.63) is 70.6 Å². The Balaban J connectivity index is 0.705. The Morgan fingerprint density at radius 1 is 0.831 bits per heavy atom. The van der Waals surface area contributed by atoms with Gasteiger partial charge in [0.25, 0.3) is 5.56 Å². The van der Waals surface area contributed by atoms with Gasteiger partial charge in [-0.05, 0) is 150 Å². The zero-order chi connectivity index (χ0) is 45.2. The number of pyridine rings is 1. The molecule has 3 N–H and O–H groups in total. The number of methoxy groups -OCH3 is 1. The molecule has 3 saturated carbocycles. The van der Waals surface area contributed by atoms with Gasteiger partial charge in [-0.15, -0.1) is 0 Å². The van der Waals surface area contributed by atoms with Crippen LogP contribution in [-0.4, -0.2) is 78.3 Å². The van der Waals surface area contributed by atoms with Gasteiger partial charge in [0.05, 0.1) is 18.5 Å². The number of rotatable bonds is 23. The second-order valence-corrected chi connectivity index (χ2v) is 20.9. The van der Waals surface area contributed by atoms with Crippen LogP contribution in [0.15, 0.2) is 59.5 Å². The summed E-state index contributed by atoms with van der Waals surface area (Å²) in [5.74, 6) is 4.14. The molecule has 11 nitrogen and oxygen atoms in total. The average Bonchev–Trinajstić information content (AvgIpc) is 4.14. The maximum absolute atomic E-state index is 13.5. The van der Waals surface area contributed by atoms with Gasteiger partial charge < -0.3 is 25.6 Å². The van der Waals surface area contributed by atoms with Crippen LogP contribution in [0.1, 0.15) is 135 Å². The van der Waals surface area contributed by atoms with Crippen molar-refractivity contribution in [2.45, 2.75) is 136 Å². The third-order valence-electron chi connectivity index (χ3n) is 15.1. The molecule has 2 bridgehead atoms.